The fourth-order valence-electron chi connectivity index (χ4n) is 4.19. The molecule has 0 spiro atoms. The number of hydrogen-bond donors (Lipinski definition) is 0. The number of Topliss-reactive ketones (excluding diaryl/α,β-unsaturated/α-hetero) is 1. The van der Waals surface area contributed by atoms with E-state index in [9.17, 15) is 18.0 Å². The van der Waals surface area contributed by atoms with Gasteiger partial charge >= 0.3 is 0 Å². The van der Waals surface area contributed by atoms with Crippen LogP contribution in [0, 0.1) is 19.8 Å². The van der Waals surface area contributed by atoms with Gasteiger partial charge in [-0.15, -0.1) is 0 Å². The van der Waals surface area contributed by atoms with Gasteiger partial charge in [0, 0.05) is 31.4 Å². The number of hydrogen-bond acceptors (Lipinski definition) is 5. The Bertz CT molecular complexity index is 845. The lowest BCUT2D eigenvalue weighted by Crippen LogP contribution is -2.48. The standard InChI is InChI=1S/C17H26N4O4S/c1-11-17(13(3)22)12(2)21(18-11)10-16(23)20-8-14-5-6-15(20)9-19(7-14)26(4,24)25/h14-15H,5-10H2,1-4H3/t14-,15+/m0/s1. The van der Waals surface area contributed by atoms with E-state index in [0.717, 1.165) is 12.8 Å². The normalized spacial score (nSPS) is 23.9. The van der Waals surface area contributed by atoms with Crippen LogP contribution in [0.3, 0.4) is 0 Å². The molecule has 3 aliphatic rings. The summed E-state index contributed by atoms with van der Waals surface area (Å²) < 4.78 is 27.0. The van der Waals surface area contributed by atoms with E-state index >= 15 is 0 Å². The molecule has 3 saturated heterocycles. The molecule has 1 amide bonds. The number of aromatic nitrogens is 2. The zero-order valence-electron chi connectivity index (χ0n) is 15.7. The van der Waals surface area contributed by atoms with Gasteiger partial charge in [0.15, 0.2) is 5.78 Å². The number of ketones is 1. The van der Waals surface area contributed by atoms with Crippen LogP contribution < -0.4 is 0 Å². The first-order valence-electron chi connectivity index (χ1n) is 8.87. The Kier molecular flexibility index (Phi) is 4.96. The van der Waals surface area contributed by atoms with Gasteiger partial charge in [0.2, 0.25) is 15.9 Å². The molecule has 2 atom stereocenters. The van der Waals surface area contributed by atoms with Crippen LogP contribution in [0.2, 0.25) is 0 Å². The number of carbonyl (C=O) groups is 2. The summed E-state index contributed by atoms with van der Waals surface area (Å²) in [6.07, 6.45) is 2.98. The lowest BCUT2D eigenvalue weighted by atomic mass is 9.95. The van der Waals surface area contributed by atoms with Crippen LogP contribution >= 0.6 is 0 Å². The van der Waals surface area contributed by atoms with Crippen LogP contribution in [0.1, 0.15) is 41.5 Å². The minimum atomic E-state index is -3.26. The van der Waals surface area contributed by atoms with E-state index in [0.29, 0.717) is 36.6 Å². The van der Waals surface area contributed by atoms with Crippen molar-refractivity contribution in [3.8, 4) is 0 Å². The smallest absolute Gasteiger partial charge is 0.244 e. The molecule has 0 N–H and O–H groups in total. The molecule has 0 aliphatic carbocycles. The summed E-state index contributed by atoms with van der Waals surface area (Å²) in [5, 5.41) is 4.35. The Morgan fingerprint density at radius 2 is 1.85 bits per heavy atom. The molecule has 4 heterocycles. The number of amides is 1. The topological polar surface area (TPSA) is 92.6 Å². The van der Waals surface area contributed by atoms with E-state index in [2.05, 4.69) is 5.10 Å². The highest BCUT2D eigenvalue weighted by molar-refractivity contribution is 7.88. The van der Waals surface area contributed by atoms with Crippen molar-refractivity contribution in [3.63, 3.8) is 0 Å². The Morgan fingerprint density at radius 3 is 2.42 bits per heavy atom. The molecule has 0 aromatic carbocycles. The van der Waals surface area contributed by atoms with E-state index in [1.165, 1.54) is 17.5 Å². The monoisotopic (exact) mass is 382 g/mol. The minimum Gasteiger partial charge on any atom is -0.336 e. The highest BCUT2D eigenvalue weighted by atomic mass is 32.2. The molecular weight excluding hydrogens is 356 g/mol. The first-order valence-corrected chi connectivity index (χ1v) is 10.7. The van der Waals surface area contributed by atoms with Crippen molar-refractivity contribution in [1.29, 1.82) is 0 Å². The van der Waals surface area contributed by atoms with Crippen LogP contribution in [0.15, 0.2) is 0 Å². The van der Waals surface area contributed by atoms with Crippen molar-refractivity contribution in [2.24, 2.45) is 5.92 Å². The fourth-order valence-corrected chi connectivity index (χ4v) is 5.12. The molecule has 9 heteroatoms. The van der Waals surface area contributed by atoms with Gasteiger partial charge < -0.3 is 4.90 Å². The number of piperidine rings is 1. The average Bonchev–Trinajstić information content (AvgIpc) is 2.73. The highest BCUT2D eigenvalue weighted by Gasteiger charge is 2.39. The van der Waals surface area contributed by atoms with Crippen molar-refractivity contribution >= 4 is 21.7 Å². The van der Waals surface area contributed by atoms with Crippen LogP contribution in [0.5, 0.6) is 0 Å². The summed E-state index contributed by atoms with van der Waals surface area (Å²) >= 11 is 0. The molecule has 3 fully saturated rings. The summed E-state index contributed by atoms with van der Waals surface area (Å²) in [7, 11) is -3.26. The van der Waals surface area contributed by atoms with E-state index in [1.807, 2.05) is 4.90 Å². The first-order chi connectivity index (χ1) is 12.1. The second-order valence-corrected chi connectivity index (χ2v) is 9.47. The molecular formula is C17H26N4O4S. The Hall–Kier alpha value is -1.74. The molecule has 3 aliphatic heterocycles. The second-order valence-electron chi connectivity index (χ2n) is 7.48. The van der Waals surface area contributed by atoms with Gasteiger partial charge in [-0.25, -0.2) is 8.42 Å². The molecule has 0 saturated carbocycles. The fraction of sp³-hybridized carbons (Fsp3) is 0.706. The third-order valence-electron chi connectivity index (χ3n) is 5.49. The van der Waals surface area contributed by atoms with Gasteiger partial charge in [-0.05, 0) is 39.5 Å². The predicted molar refractivity (Wildman–Crippen MR) is 96.3 cm³/mol. The van der Waals surface area contributed by atoms with Gasteiger partial charge in [-0.2, -0.15) is 9.40 Å². The summed E-state index contributed by atoms with van der Waals surface area (Å²) in [5.41, 5.74) is 1.89. The quantitative estimate of drug-likeness (QED) is 0.711. The molecule has 26 heavy (non-hydrogen) atoms. The SMILES string of the molecule is CC(=O)c1c(C)nn(CC(=O)N2C[C@H]3CC[C@@H]2CN(S(C)(=O)=O)C3)c1C. The second kappa shape index (κ2) is 6.77. The first kappa shape index (κ1) is 19.0. The molecule has 1 aromatic heterocycles. The van der Waals surface area contributed by atoms with Gasteiger partial charge in [0.05, 0.1) is 17.5 Å². The third-order valence-corrected chi connectivity index (χ3v) is 6.72. The van der Waals surface area contributed by atoms with Crippen LogP contribution in [0.25, 0.3) is 0 Å². The molecule has 0 radical (unpaired) electrons. The summed E-state index contributed by atoms with van der Waals surface area (Å²) in [5.74, 6) is 0.0349. The molecule has 2 bridgehead atoms. The van der Waals surface area contributed by atoms with Gasteiger partial charge in [0.25, 0.3) is 0 Å². The van der Waals surface area contributed by atoms with E-state index < -0.39 is 10.0 Å². The number of fused-ring (bicyclic) bond motifs is 4. The van der Waals surface area contributed by atoms with Crippen LogP contribution in [-0.4, -0.2) is 71.0 Å². The molecule has 4 rings (SSSR count). The maximum Gasteiger partial charge on any atom is 0.244 e. The van der Waals surface area contributed by atoms with E-state index in [1.54, 1.807) is 18.5 Å². The summed E-state index contributed by atoms with van der Waals surface area (Å²) in [6.45, 7) is 6.55. The Labute approximate surface area is 154 Å². The van der Waals surface area contributed by atoms with Crippen molar-refractivity contribution in [2.75, 3.05) is 25.9 Å². The average molecular weight is 382 g/mol. The minimum absolute atomic E-state index is 0.0590. The number of sulfonamides is 1. The number of nitrogens with zero attached hydrogens (tertiary/aromatic N) is 4. The van der Waals surface area contributed by atoms with Crippen molar-refractivity contribution in [1.82, 2.24) is 19.0 Å². The molecule has 8 nitrogen and oxygen atoms in total. The van der Waals surface area contributed by atoms with Gasteiger partial charge in [0.1, 0.15) is 6.54 Å². The molecule has 0 unspecified atom stereocenters. The molecule has 1 aromatic rings. The largest absolute Gasteiger partial charge is 0.336 e. The Balaban J connectivity index is 1.79. The van der Waals surface area contributed by atoms with Crippen molar-refractivity contribution < 1.29 is 18.0 Å². The summed E-state index contributed by atoms with van der Waals surface area (Å²) in [6, 6.07) is -0.0970. The zero-order chi connectivity index (χ0) is 19.2. The molecule has 144 valence electrons. The maximum atomic E-state index is 12.9. The zero-order valence-corrected chi connectivity index (χ0v) is 16.5. The van der Waals surface area contributed by atoms with Crippen molar-refractivity contribution in [2.45, 2.75) is 46.2 Å². The third kappa shape index (κ3) is 3.55. The van der Waals surface area contributed by atoms with E-state index in [-0.39, 0.29) is 30.2 Å². The Morgan fingerprint density at radius 1 is 1.15 bits per heavy atom. The number of carbonyl (C=O) groups excluding carboxylic acids is 2. The lowest BCUT2D eigenvalue weighted by Gasteiger charge is -2.36. The van der Waals surface area contributed by atoms with E-state index in [4.69, 9.17) is 0 Å². The van der Waals surface area contributed by atoms with Crippen LogP contribution in [0.4, 0.5) is 0 Å². The van der Waals surface area contributed by atoms with Crippen molar-refractivity contribution in [3.05, 3.63) is 17.0 Å². The number of rotatable bonds is 4. The maximum absolute atomic E-state index is 12.9. The highest BCUT2D eigenvalue weighted by Crippen LogP contribution is 2.29. The van der Waals surface area contributed by atoms with Crippen LogP contribution in [-0.2, 0) is 21.4 Å². The van der Waals surface area contributed by atoms with Gasteiger partial charge in [-0.1, -0.05) is 0 Å². The predicted octanol–water partition coefficient (Wildman–Crippen LogP) is 0.585. The lowest BCUT2D eigenvalue weighted by molar-refractivity contribution is -0.136. The summed E-state index contributed by atoms with van der Waals surface area (Å²) in [4.78, 5) is 26.5. The van der Waals surface area contributed by atoms with Gasteiger partial charge in [-0.3, -0.25) is 14.3 Å². The number of aryl methyl sites for hydroxylation is 1.